The van der Waals surface area contributed by atoms with Gasteiger partial charge in [-0.1, -0.05) is 6.07 Å². The third-order valence-corrected chi connectivity index (χ3v) is 5.65. The topological polar surface area (TPSA) is 120 Å². The van der Waals surface area contributed by atoms with E-state index in [1.807, 2.05) is 12.1 Å². The molecule has 160 valence electrons. The average Bonchev–Trinajstić information content (AvgIpc) is 2.75. The summed E-state index contributed by atoms with van der Waals surface area (Å²) in [5.41, 5.74) is 6.09. The van der Waals surface area contributed by atoms with Crippen molar-refractivity contribution in [3.8, 4) is 17.2 Å². The van der Waals surface area contributed by atoms with Crippen LogP contribution in [0.5, 0.6) is 17.2 Å². The van der Waals surface area contributed by atoms with Gasteiger partial charge in [-0.05, 0) is 50.3 Å². The molecule has 0 bridgehead atoms. The summed E-state index contributed by atoms with van der Waals surface area (Å²) in [4.78, 5) is 27.9. The lowest BCUT2D eigenvalue weighted by molar-refractivity contribution is -0.119. The quantitative estimate of drug-likeness (QED) is 0.530. The third kappa shape index (κ3) is 4.25. The Labute approximate surface area is 174 Å². The number of rotatable bonds is 6. The van der Waals surface area contributed by atoms with Gasteiger partial charge < -0.3 is 25.8 Å². The number of benzene rings is 1. The van der Waals surface area contributed by atoms with E-state index in [9.17, 15) is 9.59 Å². The van der Waals surface area contributed by atoms with E-state index in [1.54, 1.807) is 16.8 Å². The lowest BCUT2D eigenvalue weighted by Gasteiger charge is -2.30. The molecule has 1 aliphatic heterocycles. The second-order valence-electron chi connectivity index (χ2n) is 7.74. The summed E-state index contributed by atoms with van der Waals surface area (Å²) in [5, 5.41) is 5.85. The van der Waals surface area contributed by atoms with Gasteiger partial charge in [-0.3, -0.25) is 9.36 Å². The molecule has 1 aliphatic carbocycles. The van der Waals surface area contributed by atoms with Crippen molar-refractivity contribution in [3.63, 3.8) is 0 Å². The van der Waals surface area contributed by atoms with Gasteiger partial charge in [0.15, 0.2) is 17.3 Å². The van der Waals surface area contributed by atoms with Crippen molar-refractivity contribution in [2.24, 2.45) is 11.7 Å². The Morgan fingerprint density at radius 1 is 1.33 bits per heavy atom. The largest absolute Gasteiger partial charge is 0.489 e. The highest BCUT2D eigenvalue weighted by atomic mass is 16.5. The number of hydrogen-bond acceptors (Lipinski definition) is 7. The predicted molar refractivity (Wildman–Crippen MR) is 113 cm³/mol. The zero-order valence-electron chi connectivity index (χ0n) is 17.0. The number of anilines is 2. The number of carbonyl (C=O) groups is 1. The van der Waals surface area contributed by atoms with Crippen LogP contribution in [0.25, 0.3) is 0 Å². The highest BCUT2D eigenvalue weighted by molar-refractivity contribution is 5.77. The number of carbonyl (C=O) groups excluding carboxylic acids is 1. The highest BCUT2D eigenvalue weighted by Gasteiger charge is 2.26. The van der Waals surface area contributed by atoms with Crippen molar-refractivity contribution in [3.05, 3.63) is 34.9 Å². The van der Waals surface area contributed by atoms with Crippen LogP contribution in [0.1, 0.15) is 38.6 Å². The van der Waals surface area contributed by atoms with E-state index < -0.39 is 0 Å². The van der Waals surface area contributed by atoms with Crippen LogP contribution in [-0.2, 0) is 4.79 Å². The van der Waals surface area contributed by atoms with E-state index in [0.29, 0.717) is 54.4 Å². The molecule has 4 rings (SSSR count). The minimum absolute atomic E-state index is 0.110. The first-order chi connectivity index (χ1) is 14.5. The number of aromatic nitrogens is 2. The van der Waals surface area contributed by atoms with Gasteiger partial charge in [0.05, 0.1) is 12.7 Å². The average molecular weight is 413 g/mol. The minimum Gasteiger partial charge on any atom is -0.489 e. The standard InChI is InChI=1S/C21H27N5O4/c1-13(27)23-9-10-29-16-3-2-4-17-19(16)24-20-18(30-17)12-26(21(28)25-20)15-7-5-14(11-22)6-8-15/h2-4,12,14-15H,5-11,22H2,1H3,(H,23,27)(H,24,25,28)/t14-,15-. The van der Waals surface area contributed by atoms with E-state index in [4.69, 9.17) is 15.2 Å². The molecule has 0 saturated heterocycles. The fourth-order valence-corrected chi connectivity index (χ4v) is 4.00. The number of nitrogens with one attached hydrogen (secondary N) is 2. The molecule has 0 spiro atoms. The van der Waals surface area contributed by atoms with Gasteiger partial charge in [-0.15, -0.1) is 0 Å². The maximum atomic E-state index is 12.7. The molecular weight excluding hydrogens is 386 g/mol. The molecular formula is C21H27N5O4. The Morgan fingerprint density at radius 2 is 2.13 bits per heavy atom. The minimum atomic E-state index is -0.298. The molecule has 0 radical (unpaired) electrons. The first kappa shape index (κ1) is 20.2. The number of fused-ring (bicyclic) bond motifs is 2. The summed E-state index contributed by atoms with van der Waals surface area (Å²) in [6.45, 7) is 2.86. The van der Waals surface area contributed by atoms with Crippen molar-refractivity contribution in [2.75, 3.05) is 25.0 Å². The molecule has 0 atom stereocenters. The molecule has 1 saturated carbocycles. The first-order valence-corrected chi connectivity index (χ1v) is 10.3. The zero-order chi connectivity index (χ0) is 21.1. The van der Waals surface area contributed by atoms with E-state index in [0.717, 1.165) is 25.7 Å². The number of ether oxygens (including phenoxy) is 2. The summed E-state index contributed by atoms with van der Waals surface area (Å²) < 4.78 is 13.5. The van der Waals surface area contributed by atoms with Crippen LogP contribution in [0.3, 0.4) is 0 Å². The van der Waals surface area contributed by atoms with Gasteiger partial charge in [-0.2, -0.15) is 4.98 Å². The normalized spacial score (nSPS) is 19.7. The van der Waals surface area contributed by atoms with Gasteiger partial charge in [0, 0.05) is 13.0 Å². The summed E-state index contributed by atoms with van der Waals surface area (Å²) in [7, 11) is 0. The molecule has 2 aliphatic rings. The van der Waals surface area contributed by atoms with Crippen LogP contribution in [0, 0.1) is 5.92 Å². The van der Waals surface area contributed by atoms with Crippen LogP contribution in [0.15, 0.2) is 29.2 Å². The molecule has 30 heavy (non-hydrogen) atoms. The lowest BCUT2D eigenvalue weighted by Crippen LogP contribution is -2.31. The number of hydrogen-bond donors (Lipinski definition) is 3. The van der Waals surface area contributed by atoms with E-state index in [1.165, 1.54) is 6.92 Å². The molecule has 1 fully saturated rings. The lowest BCUT2D eigenvalue weighted by atomic mass is 9.86. The van der Waals surface area contributed by atoms with Gasteiger partial charge in [0.2, 0.25) is 5.91 Å². The Balaban J connectivity index is 1.51. The molecule has 9 heteroatoms. The molecule has 9 nitrogen and oxygen atoms in total. The number of para-hydroxylation sites is 1. The summed E-state index contributed by atoms with van der Waals surface area (Å²) in [6.07, 6.45) is 5.62. The maximum Gasteiger partial charge on any atom is 0.350 e. The number of nitrogens with two attached hydrogens (primary N) is 1. The predicted octanol–water partition coefficient (Wildman–Crippen LogP) is 2.30. The summed E-state index contributed by atoms with van der Waals surface area (Å²) >= 11 is 0. The molecule has 4 N–H and O–H groups in total. The molecule has 2 heterocycles. The first-order valence-electron chi connectivity index (χ1n) is 10.3. The van der Waals surface area contributed by atoms with Crippen molar-refractivity contribution < 1.29 is 14.3 Å². The van der Waals surface area contributed by atoms with Gasteiger partial charge >= 0.3 is 5.69 Å². The Kier molecular flexibility index (Phi) is 5.89. The van der Waals surface area contributed by atoms with E-state index in [2.05, 4.69) is 15.6 Å². The van der Waals surface area contributed by atoms with Crippen LogP contribution in [0.4, 0.5) is 11.5 Å². The number of nitrogens with zero attached hydrogens (tertiary/aromatic N) is 2. The van der Waals surface area contributed by atoms with Crippen molar-refractivity contribution in [1.29, 1.82) is 0 Å². The molecule has 0 unspecified atom stereocenters. The molecule has 2 aromatic rings. The fraction of sp³-hybridized carbons (Fsp3) is 0.476. The molecule has 1 aromatic carbocycles. The molecule has 1 amide bonds. The van der Waals surface area contributed by atoms with Crippen LogP contribution in [0.2, 0.25) is 0 Å². The second-order valence-corrected chi connectivity index (χ2v) is 7.74. The monoisotopic (exact) mass is 413 g/mol. The Hall–Kier alpha value is -3.07. The van der Waals surface area contributed by atoms with Crippen LogP contribution < -0.4 is 31.5 Å². The fourth-order valence-electron chi connectivity index (χ4n) is 4.00. The molecule has 1 aromatic heterocycles. The van der Waals surface area contributed by atoms with Crippen molar-refractivity contribution in [2.45, 2.75) is 38.6 Å². The van der Waals surface area contributed by atoms with Crippen molar-refractivity contribution in [1.82, 2.24) is 14.9 Å². The van der Waals surface area contributed by atoms with E-state index >= 15 is 0 Å². The maximum absolute atomic E-state index is 12.7. The van der Waals surface area contributed by atoms with Crippen molar-refractivity contribution >= 4 is 17.4 Å². The van der Waals surface area contributed by atoms with Gasteiger partial charge in [0.25, 0.3) is 0 Å². The smallest absolute Gasteiger partial charge is 0.350 e. The third-order valence-electron chi connectivity index (χ3n) is 5.65. The zero-order valence-corrected chi connectivity index (χ0v) is 17.0. The Morgan fingerprint density at radius 3 is 2.87 bits per heavy atom. The Bertz CT molecular complexity index is 982. The van der Waals surface area contributed by atoms with Gasteiger partial charge in [0.1, 0.15) is 18.0 Å². The highest BCUT2D eigenvalue weighted by Crippen LogP contribution is 2.45. The summed E-state index contributed by atoms with van der Waals surface area (Å²) in [5.74, 6) is 2.47. The van der Waals surface area contributed by atoms with E-state index in [-0.39, 0.29) is 17.6 Å². The van der Waals surface area contributed by atoms with Crippen LogP contribution >= 0.6 is 0 Å². The van der Waals surface area contributed by atoms with Crippen LogP contribution in [-0.4, -0.2) is 35.2 Å². The summed E-state index contributed by atoms with van der Waals surface area (Å²) in [6, 6.07) is 5.57. The second kappa shape index (κ2) is 8.74. The number of amides is 1. The van der Waals surface area contributed by atoms with Gasteiger partial charge in [-0.25, -0.2) is 4.79 Å². The SMILES string of the molecule is CC(=O)NCCOc1cccc2c1Nc1nc(=O)n([C@H]3CC[C@H](CN)CC3)cc1O2.